The fraction of sp³-hybridized carbons (Fsp3) is 1.00. The molecule has 0 saturated heterocycles. The third-order valence-electron chi connectivity index (χ3n) is 3.14. The molecular formula is C11H23N. The molecule has 1 fully saturated rings. The van der Waals surface area contributed by atoms with Gasteiger partial charge in [0.15, 0.2) is 0 Å². The maximum Gasteiger partial charge on any atom is -0.00229 e. The number of hydrogen-bond donors (Lipinski definition) is 1. The lowest BCUT2D eigenvalue weighted by Gasteiger charge is -2.45. The van der Waals surface area contributed by atoms with E-state index in [4.69, 9.17) is 5.73 Å². The summed E-state index contributed by atoms with van der Waals surface area (Å²) in [5.74, 6) is 0.849. The number of nitrogens with two attached hydrogens (primary N) is 1. The van der Waals surface area contributed by atoms with Crippen molar-refractivity contribution in [3.8, 4) is 0 Å². The van der Waals surface area contributed by atoms with Gasteiger partial charge in [0.1, 0.15) is 0 Å². The van der Waals surface area contributed by atoms with Crippen LogP contribution in [0.2, 0.25) is 0 Å². The highest BCUT2D eigenvalue weighted by molar-refractivity contribution is 4.90. The lowest BCUT2D eigenvalue weighted by Crippen LogP contribution is -2.39. The average Bonchev–Trinajstić information content (AvgIpc) is 1.82. The molecule has 1 unspecified atom stereocenters. The molecule has 0 amide bonds. The first kappa shape index (κ1) is 10.0. The summed E-state index contributed by atoms with van der Waals surface area (Å²) in [5, 5.41) is 0. The van der Waals surface area contributed by atoms with E-state index in [1.165, 1.54) is 19.3 Å². The van der Waals surface area contributed by atoms with Crippen LogP contribution in [0, 0.1) is 16.7 Å². The summed E-state index contributed by atoms with van der Waals surface area (Å²) in [7, 11) is 0. The molecule has 2 atom stereocenters. The van der Waals surface area contributed by atoms with E-state index in [2.05, 4.69) is 27.7 Å². The van der Waals surface area contributed by atoms with E-state index in [1.807, 2.05) is 0 Å². The zero-order chi connectivity index (χ0) is 9.41. The van der Waals surface area contributed by atoms with Crippen molar-refractivity contribution in [1.29, 1.82) is 0 Å². The molecule has 0 aromatic rings. The fourth-order valence-corrected chi connectivity index (χ4v) is 3.31. The quantitative estimate of drug-likeness (QED) is 0.642. The van der Waals surface area contributed by atoms with Crippen molar-refractivity contribution < 1.29 is 0 Å². The molecule has 0 heterocycles. The summed E-state index contributed by atoms with van der Waals surface area (Å²) in [6, 6.07) is 0. The Kier molecular flexibility index (Phi) is 2.53. The predicted molar refractivity (Wildman–Crippen MR) is 54.0 cm³/mol. The lowest BCUT2D eigenvalue weighted by molar-refractivity contribution is 0.0676. The highest BCUT2D eigenvalue weighted by Crippen LogP contribution is 2.47. The van der Waals surface area contributed by atoms with Gasteiger partial charge in [-0.2, -0.15) is 0 Å². The first-order valence-electron chi connectivity index (χ1n) is 5.07. The van der Waals surface area contributed by atoms with Crippen LogP contribution >= 0.6 is 0 Å². The lowest BCUT2D eigenvalue weighted by atomic mass is 9.61. The maximum atomic E-state index is 5.82. The van der Waals surface area contributed by atoms with Crippen LogP contribution in [0.5, 0.6) is 0 Å². The highest BCUT2D eigenvalue weighted by Gasteiger charge is 2.38. The van der Waals surface area contributed by atoms with Gasteiger partial charge in [-0.3, -0.25) is 0 Å². The first-order valence-corrected chi connectivity index (χ1v) is 5.07. The van der Waals surface area contributed by atoms with E-state index in [-0.39, 0.29) is 0 Å². The van der Waals surface area contributed by atoms with Crippen molar-refractivity contribution in [2.24, 2.45) is 22.5 Å². The monoisotopic (exact) mass is 169 g/mol. The minimum atomic E-state index is 0.404. The van der Waals surface area contributed by atoms with Gasteiger partial charge in [-0.25, -0.2) is 0 Å². The van der Waals surface area contributed by atoms with Gasteiger partial charge in [0.25, 0.3) is 0 Å². The maximum absolute atomic E-state index is 5.82. The SMILES string of the molecule is C[C@@H]1CC(C)(C)CC(C)(CN)C1. The summed E-state index contributed by atoms with van der Waals surface area (Å²) >= 11 is 0. The van der Waals surface area contributed by atoms with E-state index in [0.717, 1.165) is 12.5 Å². The largest absolute Gasteiger partial charge is 0.330 e. The summed E-state index contributed by atoms with van der Waals surface area (Å²) in [5.41, 5.74) is 6.73. The summed E-state index contributed by atoms with van der Waals surface area (Å²) in [4.78, 5) is 0. The summed E-state index contributed by atoms with van der Waals surface area (Å²) in [6.45, 7) is 10.3. The molecule has 0 aromatic carbocycles. The van der Waals surface area contributed by atoms with Crippen LogP contribution in [0.3, 0.4) is 0 Å². The smallest absolute Gasteiger partial charge is 0.00229 e. The normalized spacial score (nSPS) is 41.2. The van der Waals surface area contributed by atoms with Gasteiger partial charge >= 0.3 is 0 Å². The predicted octanol–water partition coefficient (Wildman–Crippen LogP) is 2.80. The molecule has 1 saturated carbocycles. The van der Waals surface area contributed by atoms with Crippen LogP contribution in [0.15, 0.2) is 0 Å². The Hall–Kier alpha value is -0.0400. The Morgan fingerprint density at radius 1 is 1.25 bits per heavy atom. The van der Waals surface area contributed by atoms with Gasteiger partial charge < -0.3 is 5.73 Å². The van der Waals surface area contributed by atoms with Crippen LogP contribution in [0.25, 0.3) is 0 Å². The number of rotatable bonds is 1. The second-order valence-corrected chi connectivity index (χ2v) is 5.87. The minimum absolute atomic E-state index is 0.404. The molecule has 1 aliphatic rings. The minimum Gasteiger partial charge on any atom is -0.330 e. The Labute approximate surface area is 76.7 Å². The second-order valence-electron chi connectivity index (χ2n) is 5.87. The van der Waals surface area contributed by atoms with Crippen LogP contribution in [0.4, 0.5) is 0 Å². The standard InChI is InChI=1S/C11H23N/c1-9-5-10(2,3)7-11(4,6-9)8-12/h9H,5-8,12H2,1-4H3/t9-,11?/m1/s1. The molecule has 0 bridgehead atoms. The van der Waals surface area contributed by atoms with Gasteiger partial charge in [0.05, 0.1) is 0 Å². The van der Waals surface area contributed by atoms with E-state index in [1.54, 1.807) is 0 Å². The molecule has 72 valence electrons. The van der Waals surface area contributed by atoms with E-state index in [9.17, 15) is 0 Å². The first-order chi connectivity index (χ1) is 5.37. The van der Waals surface area contributed by atoms with Gasteiger partial charge in [0, 0.05) is 0 Å². The molecular weight excluding hydrogens is 146 g/mol. The molecule has 0 spiro atoms. The molecule has 12 heavy (non-hydrogen) atoms. The Balaban J connectivity index is 2.70. The zero-order valence-electron chi connectivity index (χ0n) is 8.98. The van der Waals surface area contributed by atoms with E-state index < -0.39 is 0 Å². The molecule has 2 N–H and O–H groups in total. The van der Waals surface area contributed by atoms with Crippen LogP contribution < -0.4 is 5.73 Å². The topological polar surface area (TPSA) is 26.0 Å². The molecule has 1 heteroatoms. The van der Waals surface area contributed by atoms with Crippen molar-refractivity contribution in [2.75, 3.05) is 6.54 Å². The molecule has 0 aliphatic heterocycles. The number of hydrogen-bond acceptors (Lipinski definition) is 1. The van der Waals surface area contributed by atoms with Gasteiger partial charge in [-0.15, -0.1) is 0 Å². The van der Waals surface area contributed by atoms with Crippen molar-refractivity contribution in [2.45, 2.75) is 47.0 Å². The van der Waals surface area contributed by atoms with E-state index in [0.29, 0.717) is 10.8 Å². The van der Waals surface area contributed by atoms with Crippen molar-refractivity contribution in [3.63, 3.8) is 0 Å². The zero-order valence-corrected chi connectivity index (χ0v) is 8.98. The Morgan fingerprint density at radius 2 is 1.83 bits per heavy atom. The highest BCUT2D eigenvalue weighted by atomic mass is 14.6. The van der Waals surface area contributed by atoms with Gasteiger partial charge in [0.2, 0.25) is 0 Å². The Bertz CT molecular complexity index is 162. The third-order valence-corrected chi connectivity index (χ3v) is 3.14. The Morgan fingerprint density at radius 3 is 2.25 bits per heavy atom. The average molecular weight is 169 g/mol. The van der Waals surface area contributed by atoms with Crippen molar-refractivity contribution in [3.05, 3.63) is 0 Å². The van der Waals surface area contributed by atoms with Crippen LogP contribution in [-0.2, 0) is 0 Å². The third kappa shape index (κ3) is 2.22. The second kappa shape index (κ2) is 3.02. The molecule has 1 nitrogen and oxygen atoms in total. The van der Waals surface area contributed by atoms with Crippen LogP contribution in [0.1, 0.15) is 47.0 Å². The van der Waals surface area contributed by atoms with Gasteiger partial charge in [-0.1, -0.05) is 27.7 Å². The fourth-order valence-electron chi connectivity index (χ4n) is 3.31. The van der Waals surface area contributed by atoms with E-state index >= 15 is 0 Å². The molecule has 1 aliphatic carbocycles. The van der Waals surface area contributed by atoms with Crippen LogP contribution in [-0.4, -0.2) is 6.54 Å². The van der Waals surface area contributed by atoms with Crippen molar-refractivity contribution in [1.82, 2.24) is 0 Å². The molecule has 0 aromatic heterocycles. The summed E-state index contributed by atoms with van der Waals surface area (Å²) < 4.78 is 0. The van der Waals surface area contributed by atoms with Crippen molar-refractivity contribution >= 4 is 0 Å². The molecule has 1 rings (SSSR count). The molecule has 0 radical (unpaired) electrons. The summed E-state index contributed by atoms with van der Waals surface area (Å²) in [6.07, 6.45) is 3.97. The van der Waals surface area contributed by atoms with Gasteiger partial charge in [-0.05, 0) is 42.6 Å².